The quantitative estimate of drug-likeness (QED) is 0.572. The second kappa shape index (κ2) is 8.40. The Kier molecular flexibility index (Phi) is 5.47. The Morgan fingerprint density at radius 2 is 1.74 bits per heavy atom. The molecule has 2 fully saturated rings. The lowest BCUT2D eigenvalue weighted by Gasteiger charge is -2.35. The number of benzene rings is 1. The monoisotopic (exact) mass is 444 g/mol. The normalized spacial score (nSPS) is 18.6. The average Bonchev–Trinajstić information content (AvgIpc) is 3.22. The van der Waals surface area contributed by atoms with Crippen LogP contribution in [0.1, 0.15) is 5.69 Å². The summed E-state index contributed by atoms with van der Waals surface area (Å²) >= 11 is 0. The van der Waals surface area contributed by atoms with E-state index in [-0.39, 0.29) is 5.75 Å². The van der Waals surface area contributed by atoms with Gasteiger partial charge in [-0.05, 0) is 12.1 Å². The molecule has 1 aromatic carbocycles. The van der Waals surface area contributed by atoms with Crippen molar-refractivity contribution < 1.29 is 17.7 Å². The molecule has 0 N–H and O–H groups in total. The SMILES string of the molecule is O=S(=O)(Cc1noc2ccccc12)N1CCN(c2cnnc(N3CCOCC3)c2)CC1. The van der Waals surface area contributed by atoms with Crippen molar-refractivity contribution in [2.45, 2.75) is 5.75 Å². The van der Waals surface area contributed by atoms with Crippen molar-refractivity contribution in [1.29, 1.82) is 0 Å². The molecule has 0 spiro atoms. The van der Waals surface area contributed by atoms with E-state index >= 15 is 0 Å². The minimum atomic E-state index is -3.49. The molecule has 0 unspecified atom stereocenters. The van der Waals surface area contributed by atoms with Gasteiger partial charge in [0.1, 0.15) is 11.4 Å². The van der Waals surface area contributed by atoms with Crippen LogP contribution in [-0.2, 0) is 20.5 Å². The van der Waals surface area contributed by atoms with E-state index in [0.29, 0.717) is 50.7 Å². The molecule has 0 aliphatic carbocycles. The van der Waals surface area contributed by atoms with E-state index in [2.05, 4.69) is 25.2 Å². The van der Waals surface area contributed by atoms with Gasteiger partial charge in [-0.3, -0.25) is 0 Å². The zero-order valence-electron chi connectivity index (χ0n) is 17.1. The highest BCUT2D eigenvalue weighted by molar-refractivity contribution is 7.88. The molecule has 2 aromatic heterocycles. The van der Waals surface area contributed by atoms with Crippen molar-refractivity contribution in [1.82, 2.24) is 19.7 Å². The lowest BCUT2D eigenvalue weighted by atomic mass is 10.2. The zero-order chi connectivity index (χ0) is 21.3. The van der Waals surface area contributed by atoms with Gasteiger partial charge in [-0.2, -0.15) is 9.40 Å². The highest BCUT2D eigenvalue weighted by atomic mass is 32.2. The van der Waals surface area contributed by atoms with Crippen LogP contribution in [0.15, 0.2) is 41.1 Å². The van der Waals surface area contributed by atoms with Crippen molar-refractivity contribution >= 4 is 32.5 Å². The van der Waals surface area contributed by atoms with E-state index in [1.54, 1.807) is 12.3 Å². The zero-order valence-corrected chi connectivity index (χ0v) is 17.9. The predicted molar refractivity (Wildman–Crippen MR) is 115 cm³/mol. The number of para-hydroxylation sites is 1. The molecule has 0 amide bonds. The van der Waals surface area contributed by atoms with Crippen molar-refractivity contribution in [2.24, 2.45) is 0 Å². The van der Waals surface area contributed by atoms with Gasteiger partial charge in [-0.15, -0.1) is 5.10 Å². The van der Waals surface area contributed by atoms with Gasteiger partial charge in [0.2, 0.25) is 10.0 Å². The maximum Gasteiger partial charge on any atom is 0.220 e. The number of rotatable bonds is 5. The maximum atomic E-state index is 13.0. The number of ether oxygens (including phenoxy) is 1. The highest BCUT2D eigenvalue weighted by Gasteiger charge is 2.29. The third-order valence-electron chi connectivity index (χ3n) is 5.73. The van der Waals surface area contributed by atoms with Crippen LogP contribution >= 0.6 is 0 Å². The fraction of sp³-hybridized carbons (Fsp3) is 0.450. The van der Waals surface area contributed by atoms with Crippen LogP contribution in [0.5, 0.6) is 0 Å². The van der Waals surface area contributed by atoms with Crippen LogP contribution in [0.25, 0.3) is 11.0 Å². The summed E-state index contributed by atoms with van der Waals surface area (Å²) in [6.45, 7) is 4.95. The van der Waals surface area contributed by atoms with Crippen LogP contribution in [0.2, 0.25) is 0 Å². The second-order valence-electron chi connectivity index (χ2n) is 7.64. The highest BCUT2D eigenvalue weighted by Crippen LogP contribution is 2.24. The van der Waals surface area contributed by atoms with Crippen LogP contribution in [0.3, 0.4) is 0 Å². The third kappa shape index (κ3) is 4.21. The van der Waals surface area contributed by atoms with Gasteiger partial charge in [0.05, 0.1) is 25.1 Å². The first kappa shape index (κ1) is 20.2. The number of anilines is 2. The predicted octanol–water partition coefficient (Wildman–Crippen LogP) is 1.11. The molecule has 0 radical (unpaired) electrons. The van der Waals surface area contributed by atoms with Gasteiger partial charge in [0.15, 0.2) is 11.4 Å². The summed E-state index contributed by atoms with van der Waals surface area (Å²) in [7, 11) is -3.49. The summed E-state index contributed by atoms with van der Waals surface area (Å²) in [5.41, 5.74) is 2.00. The lowest BCUT2D eigenvalue weighted by molar-refractivity contribution is 0.122. The number of fused-ring (bicyclic) bond motifs is 1. The molecule has 164 valence electrons. The first-order valence-corrected chi connectivity index (χ1v) is 11.9. The molecule has 2 aliphatic heterocycles. The van der Waals surface area contributed by atoms with Gasteiger partial charge < -0.3 is 19.1 Å². The van der Waals surface area contributed by atoms with Crippen molar-refractivity contribution in [3.63, 3.8) is 0 Å². The molecule has 10 nitrogen and oxygen atoms in total. The van der Waals surface area contributed by atoms with E-state index in [4.69, 9.17) is 9.26 Å². The van der Waals surface area contributed by atoms with Gasteiger partial charge in [0, 0.05) is 50.7 Å². The van der Waals surface area contributed by atoms with Crippen LogP contribution in [0, 0.1) is 0 Å². The molecule has 3 aromatic rings. The smallest absolute Gasteiger partial charge is 0.220 e. The van der Waals surface area contributed by atoms with E-state index in [1.165, 1.54) is 4.31 Å². The first-order chi connectivity index (χ1) is 15.1. The van der Waals surface area contributed by atoms with E-state index in [1.807, 2.05) is 24.3 Å². The molecular formula is C20H24N6O4S. The number of hydrogen-bond acceptors (Lipinski definition) is 9. The van der Waals surface area contributed by atoms with E-state index < -0.39 is 10.0 Å². The van der Waals surface area contributed by atoms with Crippen molar-refractivity contribution in [3.8, 4) is 0 Å². The minimum absolute atomic E-state index is 0.165. The van der Waals surface area contributed by atoms with Gasteiger partial charge in [-0.1, -0.05) is 17.3 Å². The standard InChI is InChI=1S/C20H24N6O4S/c27-31(28,15-18-17-3-1-2-4-19(17)30-23-18)26-7-5-24(6-8-26)16-13-20(22-21-14-16)25-9-11-29-12-10-25/h1-4,13-14H,5-12,15H2. The topological polar surface area (TPSA) is 105 Å². The second-order valence-corrected chi connectivity index (χ2v) is 9.61. The van der Waals surface area contributed by atoms with Gasteiger partial charge in [0.25, 0.3) is 0 Å². The Morgan fingerprint density at radius 3 is 2.55 bits per heavy atom. The first-order valence-electron chi connectivity index (χ1n) is 10.3. The van der Waals surface area contributed by atoms with E-state index in [9.17, 15) is 8.42 Å². The summed E-state index contributed by atoms with van der Waals surface area (Å²) in [6.07, 6.45) is 1.73. The maximum absolute atomic E-state index is 13.0. The number of aromatic nitrogens is 3. The lowest BCUT2D eigenvalue weighted by Crippen LogP contribution is -2.49. The minimum Gasteiger partial charge on any atom is -0.378 e. The molecule has 31 heavy (non-hydrogen) atoms. The molecule has 0 saturated carbocycles. The summed E-state index contributed by atoms with van der Waals surface area (Å²) in [4.78, 5) is 4.30. The molecule has 0 atom stereocenters. The number of morpholine rings is 1. The van der Waals surface area contributed by atoms with Gasteiger partial charge >= 0.3 is 0 Å². The summed E-state index contributed by atoms with van der Waals surface area (Å²) in [5, 5.41) is 13.1. The molecule has 2 aliphatic rings. The van der Waals surface area contributed by atoms with Crippen molar-refractivity contribution in [2.75, 3.05) is 62.3 Å². The van der Waals surface area contributed by atoms with Crippen LogP contribution in [0.4, 0.5) is 11.5 Å². The van der Waals surface area contributed by atoms with Crippen LogP contribution in [-0.4, -0.2) is 80.6 Å². The molecule has 4 heterocycles. The third-order valence-corrected chi connectivity index (χ3v) is 7.52. The van der Waals surface area contributed by atoms with E-state index in [0.717, 1.165) is 30.0 Å². The summed E-state index contributed by atoms with van der Waals surface area (Å²) in [5.74, 6) is 0.663. The van der Waals surface area contributed by atoms with Crippen molar-refractivity contribution in [3.05, 3.63) is 42.2 Å². The fourth-order valence-electron chi connectivity index (χ4n) is 4.00. The number of piperazine rings is 1. The Bertz CT molecular complexity index is 1150. The Hall–Kier alpha value is -2.76. The van der Waals surface area contributed by atoms with Gasteiger partial charge in [-0.25, -0.2) is 8.42 Å². The number of sulfonamides is 1. The fourth-order valence-corrected chi connectivity index (χ4v) is 5.45. The molecule has 11 heteroatoms. The number of nitrogens with zero attached hydrogens (tertiary/aromatic N) is 6. The summed E-state index contributed by atoms with van der Waals surface area (Å²) < 4.78 is 38.2. The Morgan fingerprint density at radius 1 is 0.968 bits per heavy atom. The van der Waals surface area contributed by atoms with Crippen LogP contribution < -0.4 is 9.80 Å². The Balaban J connectivity index is 1.25. The Labute approximate surface area is 180 Å². The molecular weight excluding hydrogens is 420 g/mol. The largest absolute Gasteiger partial charge is 0.378 e. The molecule has 2 saturated heterocycles. The molecule has 0 bridgehead atoms. The summed E-state index contributed by atoms with van der Waals surface area (Å²) in [6, 6.07) is 9.32. The average molecular weight is 445 g/mol. The number of hydrogen-bond donors (Lipinski definition) is 0. The molecule has 5 rings (SSSR count).